The molecule has 0 radical (unpaired) electrons. The van der Waals surface area contributed by atoms with Crippen molar-refractivity contribution in [3.05, 3.63) is 11.2 Å². The van der Waals surface area contributed by atoms with Gasteiger partial charge >= 0.3 is 0 Å². The topological polar surface area (TPSA) is 49.8 Å². The highest BCUT2D eigenvalue weighted by Crippen LogP contribution is 2.20. The number of halogens is 1. The zero-order chi connectivity index (χ0) is 12.7. The number of aromatic nitrogens is 2. The van der Waals surface area contributed by atoms with Gasteiger partial charge in [-0.05, 0) is 12.8 Å². The summed E-state index contributed by atoms with van der Waals surface area (Å²) in [5.41, 5.74) is 0. The van der Waals surface area contributed by atoms with Crippen LogP contribution in [0.2, 0.25) is 5.02 Å². The molecule has 0 fully saturated rings. The van der Waals surface area contributed by atoms with Crippen molar-refractivity contribution >= 4 is 23.4 Å². The molecule has 0 aliphatic heterocycles. The lowest BCUT2D eigenvalue weighted by Gasteiger charge is -2.14. The van der Waals surface area contributed by atoms with Crippen LogP contribution in [0.4, 0.5) is 11.8 Å². The fraction of sp³-hybridized carbons (Fsp3) is 0.667. The van der Waals surface area contributed by atoms with Gasteiger partial charge in [-0.1, -0.05) is 38.3 Å². The minimum atomic E-state index is 0.567. The van der Waals surface area contributed by atoms with Gasteiger partial charge in [0.05, 0.1) is 6.20 Å². The van der Waals surface area contributed by atoms with E-state index in [1.165, 1.54) is 0 Å². The Morgan fingerprint density at radius 3 is 2.53 bits per heavy atom. The standard InChI is InChI=1S/C12H21ClN4/c1-4-9(5-2)7-15-11-10(13)8-16-12(17-11)14-6-3/h8-9H,4-7H2,1-3H3,(H2,14,15,16,17). The highest BCUT2D eigenvalue weighted by molar-refractivity contribution is 6.32. The van der Waals surface area contributed by atoms with E-state index in [2.05, 4.69) is 34.4 Å². The van der Waals surface area contributed by atoms with Crippen molar-refractivity contribution in [3.8, 4) is 0 Å². The van der Waals surface area contributed by atoms with Gasteiger partial charge in [-0.15, -0.1) is 0 Å². The van der Waals surface area contributed by atoms with E-state index in [4.69, 9.17) is 11.6 Å². The molecule has 0 amide bonds. The second kappa shape index (κ2) is 7.33. The quantitative estimate of drug-likeness (QED) is 0.785. The molecular formula is C12H21ClN4. The molecule has 0 bridgehead atoms. The minimum Gasteiger partial charge on any atom is -0.368 e. The monoisotopic (exact) mass is 256 g/mol. The van der Waals surface area contributed by atoms with E-state index in [1.54, 1.807) is 6.20 Å². The van der Waals surface area contributed by atoms with Crippen LogP contribution in [0.3, 0.4) is 0 Å². The molecule has 0 aliphatic carbocycles. The predicted molar refractivity (Wildman–Crippen MR) is 73.8 cm³/mol. The van der Waals surface area contributed by atoms with Crippen LogP contribution >= 0.6 is 11.6 Å². The maximum atomic E-state index is 6.05. The van der Waals surface area contributed by atoms with Crippen LogP contribution in [0.15, 0.2) is 6.20 Å². The summed E-state index contributed by atoms with van der Waals surface area (Å²) in [4.78, 5) is 8.44. The molecule has 4 nitrogen and oxygen atoms in total. The van der Waals surface area contributed by atoms with E-state index in [-0.39, 0.29) is 0 Å². The third-order valence-corrected chi connectivity index (χ3v) is 3.07. The Labute approximate surface area is 108 Å². The third-order valence-electron chi connectivity index (χ3n) is 2.79. The molecule has 1 rings (SSSR count). The number of anilines is 2. The second-order valence-electron chi connectivity index (χ2n) is 3.98. The van der Waals surface area contributed by atoms with Crippen molar-refractivity contribution in [1.29, 1.82) is 0 Å². The lowest BCUT2D eigenvalue weighted by Crippen LogP contribution is -2.14. The largest absolute Gasteiger partial charge is 0.368 e. The molecule has 1 aromatic heterocycles. The lowest BCUT2D eigenvalue weighted by molar-refractivity contribution is 0.518. The smallest absolute Gasteiger partial charge is 0.224 e. The summed E-state index contributed by atoms with van der Waals surface area (Å²) in [5.74, 6) is 1.98. The van der Waals surface area contributed by atoms with Gasteiger partial charge in [-0.3, -0.25) is 0 Å². The molecule has 0 saturated carbocycles. The maximum Gasteiger partial charge on any atom is 0.224 e. The van der Waals surface area contributed by atoms with Gasteiger partial charge in [-0.25, -0.2) is 4.98 Å². The molecule has 96 valence electrons. The zero-order valence-electron chi connectivity index (χ0n) is 10.8. The minimum absolute atomic E-state index is 0.567. The Morgan fingerprint density at radius 1 is 1.24 bits per heavy atom. The Kier molecular flexibility index (Phi) is 6.05. The highest BCUT2D eigenvalue weighted by atomic mass is 35.5. The number of hydrogen-bond donors (Lipinski definition) is 2. The first-order valence-corrected chi connectivity index (χ1v) is 6.59. The van der Waals surface area contributed by atoms with Gasteiger partial charge in [0, 0.05) is 13.1 Å². The van der Waals surface area contributed by atoms with Gasteiger partial charge in [0.1, 0.15) is 10.8 Å². The third kappa shape index (κ3) is 4.38. The molecule has 0 saturated heterocycles. The molecule has 2 N–H and O–H groups in total. The molecule has 1 heterocycles. The summed E-state index contributed by atoms with van der Waals surface area (Å²) in [6, 6.07) is 0. The summed E-state index contributed by atoms with van der Waals surface area (Å²) >= 11 is 6.05. The second-order valence-corrected chi connectivity index (χ2v) is 4.39. The lowest BCUT2D eigenvalue weighted by atomic mass is 10.0. The molecule has 0 spiro atoms. The molecule has 0 unspecified atom stereocenters. The fourth-order valence-corrected chi connectivity index (χ4v) is 1.71. The summed E-state index contributed by atoms with van der Waals surface area (Å²) in [6.45, 7) is 8.10. The van der Waals surface area contributed by atoms with Crippen molar-refractivity contribution < 1.29 is 0 Å². The van der Waals surface area contributed by atoms with Gasteiger partial charge in [-0.2, -0.15) is 4.98 Å². The Balaban J connectivity index is 2.65. The van der Waals surface area contributed by atoms with Gasteiger partial charge in [0.2, 0.25) is 5.95 Å². The highest BCUT2D eigenvalue weighted by Gasteiger charge is 2.07. The van der Waals surface area contributed by atoms with Crippen LogP contribution < -0.4 is 10.6 Å². The molecule has 0 atom stereocenters. The van der Waals surface area contributed by atoms with E-state index in [1.807, 2.05) is 6.92 Å². The van der Waals surface area contributed by atoms with Crippen LogP contribution in [0, 0.1) is 5.92 Å². The van der Waals surface area contributed by atoms with Crippen molar-refractivity contribution in [2.24, 2.45) is 5.92 Å². The zero-order valence-corrected chi connectivity index (χ0v) is 11.5. The molecule has 17 heavy (non-hydrogen) atoms. The predicted octanol–water partition coefficient (Wildman–Crippen LogP) is 3.41. The van der Waals surface area contributed by atoms with Gasteiger partial charge in [0.15, 0.2) is 0 Å². The van der Waals surface area contributed by atoms with Gasteiger partial charge in [0.25, 0.3) is 0 Å². The Morgan fingerprint density at radius 2 is 1.94 bits per heavy atom. The van der Waals surface area contributed by atoms with Crippen molar-refractivity contribution in [3.63, 3.8) is 0 Å². The number of rotatable bonds is 7. The van der Waals surface area contributed by atoms with E-state index in [0.29, 0.717) is 22.7 Å². The van der Waals surface area contributed by atoms with E-state index >= 15 is 0 Å². The fourth-order valence-electron chi connectivity index (χ4n) is 1.55. The van der Waals surface area contributed by atoms with Gasteiger partial charge < -0.3 is 10.6 Å². The average Bonchev–Trinajstić information content (AvgIpc) is 2.34. The van der Waals surface area contributed by atoms with Crippen LogP contribution in [0.1, 0.15) is 33.6 Å². The summed E-state index contributed by atoms with van der Waals surface area (Å²) < 4.78 is 0. The van der Waals surface area contributed by atoms with Crippen LogP contribution in [0.5, 0.6) is 0 Å². The van der Waals surface area contributed by atoms with Crippen LogP contribution in [0.25, 0.3) is 0 Å². The molecule has 1 aromatic rings. The van der Waals surface area contributed by atoms with Crippen molar-refractivity contribution in [2.75, 3.05) is 23.7 Å². The van der Waals surface area contributed by atoms with E-state index < -0.39 is 0 Å². The molecule has 0 aromatic carbocycles. The molecule has 5 heteroatoms. The summed E-state index contributed by atoms with van der Waals surface area (Å²) in [5, 5.41) is 6.93. The Hall–Kier alpha value is -1.03. The first-order valence-electron chi connectivity index (χ1n) is 6.21. The van der Waals surface area contributed by atoms with Crippen molar-refractivity contribution in [1.82, 2.24) is 9.97 Å². The molecule has 0 aliphatic rings. The Bertz CT molecular complexity index is 339. The summed E-state index contributed by atoms with van der Waals surface area (Å²) in [6.07, 6.45) is 3.94. The first-order chi connectivity index (χ1) is 8.21. The van der Waals surface area contributed by atoms with E-state index in [9.17, 15) is 0 Å². The SMILES string of the molecule is CCNc1ncc(Cl)c(NCC(CC)CC)n1. The maximum absolute atomic E-state index is 6.05. The normalized spacial score (nSPS) is 10.6. The average molecular weight is 257 g/mol. The molecular weight excluding hydrogens is 236 g/mol. The van der Waals surface area contributed by atoms with Crippen LogP contribution in [-0.4, -0.2) is 23.1 Å². The first kappa shape index (κ1) is 14.0. The number of nitrogens with zero attached hydrogens (tertiary/aromatic N) is 2. The van der Waals surface area contributed by atoms with Crippen LogP contribution in [-0.2, 0) is 0 Å². The van der Waals surface area contributed by atoms with E-state index in [0.717, 1.165) is 25.9 Å². The van der Waals surface area contributed by atoms with Crippen molar-refractivity contribution in [2.45, 2.75) is 33.6 Å². The number of hydrogen-bond acceptors (Lipinski definition) is 4. The summed E-state index contributed by atoms with van der Waals surface area (Å²) in [7, 11) is 0. The number of nitrogens with one attached hydrogen (secondary N) is 2.